The molecule has 0 radical (unpaired) electrons. The topological polar surface area (TPSA) is 57.1 Å². The van der Waals surface area contributed by atoms with Crippen LogP contribution in [0.3, 0.4) is 0 Å². The Morgan fingerprint density at radius 2 is 1.57 bits per heavy atom. The zero-order chi connectivity index (χ0) is 21.4. The van der Waals surface area contributed by atoms with Crippen LogP contribution in [0.25, 0.3) is 0 Å². The van der Waals surface area contributed by atoms with Gasteiger partial charge in [-0.25, -0.2) is 4.79 Å². The Morgan fingerprint density at radius 3 is 2.27 bits per heavy atom. The van der Waals surface area contributed by atoms with Gasteiger partial charge in [-0.15, -0.1) is 0 Å². The molecule has 2 aromatic carbocycles. The molecule has 0 heterocycles. The number of hydrogen-bond donors (Lipinski definition) is 0. The van der Waals surface area contributed by atoms with E-state index in [1.165, 1.54) is 32.1 Å². The van der Waals surface area contributed by atoms with Crippen LogP contribution >= 0.6 is 0 Å². The molecule has 0 spiro atoms. The highest BCUT2D eigenvalue weighted by Crippen LogP contribution is 2.16. The summed E-state index contributed by atoms with van der Waals surface area (Å²) >= 11 is 0. The van der Waals surface area contributed by atoms with E-state index in [2.05, 4.69) is 11.9 Å². The number of aliphatic imine (C=N–C) groups is 1. The van der Waals surface area contributed by atoms with Crippen LogP contribution in [-0.2, 0) is 9.47 Å². The minimum Gasteiger partial charge on any atom is -0.494 e. The maximum Gasteiger partial charge on any atom is 0.338 e. The van der Waals surface area contributed by atoms with Crippen LogP contribution in [0.4, 0.5) is 5.69 Å². The number of carbonyl (C=O) groups is 1. The third-order valence-corrected chi connectivity index (χ3v) is 4.63. The monoisotopic (exact) mass is 411 g/mol. The van der Waals surface area contributed by atoms with E-state index in [1.807, 2.05) is 24.3 Å². The summed E-state index contributed by atoms with van der Waals surface area (Å²) < 4.78 is 15.8. The molecule has 0 atom stereocenters. The van der Waals surface area contributed by atoms with Crippen LogP contribution in [0.1, 0.15) is 61.4 Å². The lowest BCUT2D eigenvalue weighted by Gasteiger charge is -2.06. The molecule has 0 unspecified atom stereocenters. The number of rotatable bonds is 14. The molecule has 0 aliphatic carbocycles. The number of ether oxygens (including phenoxy) is 3. The number of nitrogens with zero attached hydrogens (tertiary/aromatic N) is 1. The molecule has 2 rings (SSSR count). The van der Waals surface area contributed by atoms with Crippen molar-refractivity contribution < 1.29 is 19.0 Å². The molecule has 0 aromatic heterocycles. The molecule has 0 fully saturated rings. The molecular weight excluding hydrogens is 378 g/mol. The van der Waals surface area contributed by atoms with Crippen molar-refractivity contribution in [2.45, 2.75) is 45.4 Å². The normalized spacial score (nSPS) is 11.0. The Bertz CT molecular complexity index is 754. The summed E-state index contributed by atoms with van der Waals surface area (Å²) in [6.07, 6.45) is 9.35. The second-order valence-electron chi connectivity index (χ2n) is 7.12. The third-order valence-electron chi connectivity index (χ3n) is 4.63. The molecule has 0 saturated carbocycles. The van der Waals surface area contributed by atoms with Gasteiger partial charge in [0.25, 0.3) is 0 Å². The number of carbonyl (C=O) groups excluding carboxylic acids is 1. The van der Waals surface area contributed by atoms with Gasteiger partial charge < -0.3 is 14.2 Å². The number of unbranched alkanes of at least 4 members (excludes halogenated alkanes) is 5. The van der Waals surface area contributed by atoms with Gasteiger partial charge in [0.1, 0.15) is 12.4 Å². The zero-order valence-corrected chi connectivity index (χ0v) is 18.1. The summed E-state index contributed by atoms with van der Waals surface area (Å²) in [5.74, 6) is 0.524. The minimum atomic E-state index is -0.362. The van der Waals surface area contributed by atoms with Gasteiger partial charge in [-0.05, 0) is 60.5 Å². The third kappa shape index (κ3) is 9.23. The van der Waals surface area contributed by atoms with Crippen molar-refractivity contribution in [3.05, 3.63) is 59.7 Å². The Labute approximate surface area is 180 Å². The largest absolute Gasteiger partial charge is 0.494 e. The second-order valence-corrected chi connectivity index (χ2v) is 7.12. The van der Waals surface area contributed by atoms with Crippen molar-refractivity contribution in [2.75, 3.05) is 26.9 Å². The summed E-state index contributed by atoms with van der Waals surface area (Å²) in [4.78, 5) is 16.3. The molecule has 0 aliphatic heterocycles. The van der Waals surface area contributed by atoms with Crippen molar-refractivity contribution in [3.63, 3.8) is 0 Å². The predicted octanol–water partition coefficient (Wildman–Crippen LogP) is 5.98. The van der Waals surface area contributed by atoms with Gasteiger partial charge in [0.15, 0.2) is 0 Å². The summed E-state index contributed by atoms with van der Waals surface area (Å²) in [5, 5.41) is 0. The van der Waals surface area contributed by atoms with Gasteiger partial charge in [-0.3, -0.25) is 4.99 Å². The van der Waals surface area contributed by atoms with Crippen molar-refractivity contribution in [3.8, 4) is 5.75 Å². The first-order valence-corrected chi connectivity index (χ1v) is 10.8. The van der Waals surface area contributed by atoms with Gasteiger partial charge in [-0.1, -0.05) is 39.0 Å². The van der Waals surface area contributed by atoms with Gasteiger partial charge in [0.2, 0.25) is 0 Å². The zero-order valence-electron chi connectivity index (χ0n) is 18.1. The van der Waals surface area contributed by atoms with Crippen LogP contribution in [0.2, 0.25) is 0 Å². The van der Waals surface area contributed by atoms with Crippen LogP contribution < -0.4 is 4.74 Å². The highest BCUT2D eigenvalue weighted by Gasteiger charge is 2.06. The molecule has 0 aliphatic rings. The van der Waals surface area contributed by atoms with Crippen LogP contribution in [-0.4, -0.2) is 39.1 Å². The first kappa shape index (κ1) is 23.6. The fraction of sp³-hybridized carbons (Fsp3) is 0.440. The summed E-state index contributed by atoms with van der Waals surface area (Å²) in [5.41, 5.74) is 2.26. The van der Waals surface area contributed by atoms with E-state index in [1.54, 1.807) is 37.6 Å². The smallest absolute Gasteiger partial charge is 0.338 e. The van der Waals surface area contributed by atoms with Crippen LogP contribution in [0, 0.1) is 0 Å². The number of methoxy groups -OCH3 is 1. The van der Waals surface area contributed by atoms with E-state index in [0.717, 1.165) is 30.0 Å². The van der Waals surface area contributed by atoms with E-state index in [-0.39, 0.29) is 12.6 Å². The Balaban J connectivity index is 1.74. The second kappa shape index (κ2) is 14.3. The highest BCUT2D eigenvalue weighted by atomic mass is 16.6. The van der Waals surface area contributed by atoms with Gasteiger partial charge >= 0.3 is 5.97 Å². The summed E-state index contributed by atoms with van der Waals surface area (Å²) in [6.45, 7) is 3.63. The standard InChI is InChI=1S/C25H33NO4/c1-3-4-5-6-7-8-17-29-24-15-9-21(10-16-24)20-26-23-13-11-22(12-14-23)25(27)30-19-18-28-2/h9-16,20H,3-8,17-19H2,1-2H3. The molecular formula is C25H33NO4. The van der Waals surface area contributed by atoms with Crippen molar-refractivity contribution in [1.82, 2.24) is 0 Å². The van der Waals surface area contributed by atoms with E-state index < -0.39 is 0 Å². The van der Waals surface area contributed by atoms with E-state index in [0.29, 0.717) is 12.2 Å². The summed E-state index contributed by atoms with van der Waals surface area (Å²) in [6, 6.07) is 14.9. The maximum absolute atomic E-state index is 11.9. The lowest BCUT2D eigenvalue weighted by atomic mass is 10.1. The van der Waals surface area contributed by atoms with Gasteiger partial charge in [-0.2, -0.15) is 0 Å². The Morgan fingerprint density at radius 1 is 0.867 bits per heavy atom. The average molecular weight is 412 g/mol. The first-order chi connectivity index (χ1) is 14.7. The molecule has 0 saturated heterocycles. The highest BCUT2D eigenvalue weighted by molar-refractivity contribution is 5.90. The Hall–Kier alpha value is -2.66. The Kier molecular flexibility index (Phi) is 11.3. The molecule has 30 heavy (non-hydrogen) atoms. The minimum absolute atomic E-state index is 0.244. The van der Waals surface area contributed by atoms with Crippen molar-refractivity contribution >= 4 is 17.9 Å². The lowest BCUT2D eigenvalue weighted by molar-refractivity contribution is 0.0388. The van der Waals surface area contributed by atoms with Gasteiger partial charge in [0, 0.05) is 13.3 Å². The average Bonchev–Trinajstić information content (AvgIpc) is 2.78. The fourth-order valence-corrected chi connectivity index (χ4v) is 2.86. The van der Waals surface area contributed by atoms with E-state index in [4.69, 9.17) is 14.2 Å². The molecule has 0 N–H and O–H groups in total. The molecule has 5 heteroatoms. The fourth-order valence-electron chi connectivity index (χ4n) is 2.86. The van der Waals surface area contributed by atoms with Crippen molar-refractivity contribution in [1.29, 1.82) is 0 Å². The molecule has 0 amide bonds. The quantitative estimate of drug-likeness (QED) is 0.218. The van der Waals surface area contributed by atoms with Crippen LogP contribution in [0.5, 0.6) is 5.75 Å². The predicted molar refractivity (Wildman–Crippen MR) is 121 cm³/mol. The molecule has 2 aromatic rings. The number of hydrogen-bond acceptors (Lipinski definition) is 5. The van der Waals surface area contributed by atoms with E-state index in [9.17, 15) is 4.79 Å². The number of esters is 1. The molecule has 5 nitrogen and oxygen atoms in total. The van der Waals surface area contributed by atoms with Crippen LogP contribution in [0.15, 0.2) is 53.5 Å². The van der Waals surface area contributed by atoms with E-state index >= 15 is 0 Å². The first-order valence-electron chi connectivity index (χ1n) is 10.8. The summed E-state index contributed by atoms with van der Waals surface area (Å²) in [7, 11) is 1.57. The lowest BCUT2D eigenvalue weighted by Crippen LogP contribution is -2.09. The van der Waals surface area contributed by atoms with Crippen molar-refractivity contribution in [2.24, 2.45) is 4.99 Å². The molecule has 162 valence electrons. The van der Waals surface area contributed by atoms with Gasteiger partial charge in [0.05, 0.1) is 24.5 Å². The maximum atomic E-state index is 11.9. The number of benzene rings is 2. The SMILES string of the molecule is CCCCCCCCOc1ccc(C=Nc2ccc(C(=O)OCCOC)cc2)cc1. The molecule has 0 bridgehead atoms.